The molecule has 74 valence electrons. The van der Waals surface area contributed by atoms with Crippen LogP contribution < -0.4 is 4.74 Å². The Balaban J connectivity index is 2.43. The average Bonchev–Trinajstić information content (AvgIpc) is 2.64. The molecular weight excluding hydrogens is 176 g/mol. The Morgan fingerprint density at radius 2 is 2.07 bits per heavy atom. The van der Waals surface area contributed by atoms with E-state index < -0.39 is 0 Å². The number of benzene rings is 1. The minimum Gasteiger partial charge on any atom is -0.493 e. The molecule has 0 saturated carbocycles. The summed E-state index contributed by atoms with van der Waals surface area (Å²) in [5.41, 5.74) is 3.35. The molecule has 0 fully saturated rings. The van der Waals surface area contributed by atoms with E-state index in [0.29, 0.717) is 12.2 Å². The standard InChI is InChI=1S/C12H14O2/c1-2-14-12-7-10-5-3-4-9(10)6-11(12)8-13/h6-8H,2-5H2,1H3. The Morgan fingerprint density at radius 1 is 1.36 bits per heavy atom. The van der Waals surface area contributed by atoms with Crippen molar-refractivity contribution in [3.8, 4) is 5.75 Å². The number of fused-ring (bicyclic) bond motifs is 1. The zero-order chi connectivity index (χ0) is 9.97. The maximum atomic E-state index is 10.8. The molecule has 1 aliphatic carbocycles. The van der Waals surface area contributed by atoms with E-state index in [2.05, 4.69) is 0 Å². The first-order valence-corrected chi connectivity index (χ1v) is 5.09. The summed E-state index contributed by atoms with van der Waals surface area (Å²) in [6, 6.07) is 4.00. The molecule has 0 aromatic heterocycles. The zero-order valence-corrected chi connectivity index (χ0v) is 8.38. The molecule has 0 unspecified atom stereocenters. The van der Waals surface area contributed by atoms with Gasteiger partial charge < -0.3 is 4.74 Å². The minimum atomic E-state index is 0.611. The Labute approximate surface area is 83.9 Å². The van der Waals surface area contributed by atoms with Crippen LogP contribution in [0.25, 0.3) is 0 Å². The van der Waals surface area contributed by atoms with Crippen LogP contribution in [-0.4, -0.2) is 12.9 Å². The van der Waals surface area contributed by atoms with E-state index in [4.69, 9.17) is 4.74 Å². The van der Waals surface area contributed by atoms with E-state index in [1.54, 1.807) is 0 Å². The van der Waals surface area contributed by atoms with Crippen molar-refractivity contribution in [3.05, 3.63) is 28.8 Å². The molecule has 14 heavy (non-hydrogen) atoms. The Kier molecular flexibility index (Phi) is 2.53. The molecule has 1 aromatic carbocycles. The Bertz CT molecular complexity index is 356. The van der Waals surface area contributed by atoms with Gasteiger partial charge in [0, 0.05) is 0 Å². The van der Waals surface area contributed by atoms with Gasteiger partial charge in [-0.15, -0.1) is 0 Å². The van der Waals surface area contributed by atoms with Gasteiger partial charge in [-0.3, -0.25) is 4.79 Å². The highest BCUT2D eigenvalue weighted by Gasteiger charge is 2.14. The van der Waals surface area contributed by atoms with E-state index >= 15 is 0 Å². The molecule has 0 N–H and O–H groups in total. The van der Waals surface area contributed by atoms with E-state index in [1.165, 1.54) is 17.5 Å². The highest BCUT2D eigenvalue weighted by Crippen LogP contribution is 2.29. The summed E-state index contributed by atoms with van der Waals surface area (Å²) in [7, 11) is 0. The van der Waals surface area contributed by atoms with Crippen molar-refractivity contribution in [3.63, 3.8) is 0 Å². The molecule has 2 rings (SSSR count). The molecule has 0 heterocycles. The Hall–Kier alpha value is -1.31. The summed E-state index contributed by atoms with van der Waals surface area (Å²) in [5, 5.41) is 0. The average molecular weight is 190 g/mol. The van der Waals surface area contributed by atoms with E-state index in [1.807, 2.05) is 19.1 Å². The fourth-order valence-electron chi connectivity index (χ4n) is 1.99. The number of carbonyl (C=O) groups excluding carboxylic acids is 1. The van der Waals surface area contributed by atoms with Crippen molar-refractivity contribution in [2.45, 2.75) is 26.2 Å². The van der Waals surface area contributed by atoms with Crippen molar-refractivity contribution < 1.29 is 9.53 Å². The third-order valence-electron chi connectivity index (χ3n) is 2.65. The van der Waals surface area contributed by atoms with Crippen molar-refractivity contribution in [1.82, 2.24) is 0 Å². The zero-order valence-electron chi connectivity index (χ0n) is 8.38. The summed E-state index contributed by atoms with van der Waals surface area (Å²) < 4.78 is 5.42. The van der Waals surface area contributed by atoms with Crippen LogP contribution in [0.5, 0.6) is 5.75 Å². The molecule has 0 amide bonds. The highest BCUT2D eigenvalue weighted by molar-refractivity contribution is 5.80. The third-order valence-corrected chi connectivity index (χ3v) is 2.65. The van der Waals surface area contributed by atoms with Gasteiger partial charge in [0.05, 0.1) is 12.2 Å². The van der Waals surface area contributed by atoms with Crippen molar-refractivity contribution >= 4 is 6.29 Å². The number of carbonyl (C=O) groups is 1. The summed E-state index contributed by atoms with van der Waals surface area (Å²) in [4.78, 5) is 10.8. The highest BCUT2D eigenvalue weighted by atomic mass is 16.5. The first kappa shape index (κ1) is 9.25. The van der Waals surface area contributed by atoms with Crippen LogP contribution in [0.15, 0.2) is 12.1 Å². The van der Waals surface area contributed by atoms with Gasteiger partial charge >= 0.3 is 0 Å². The van der Waals surface area contributed by atoms with Crippen LogP contribution in [0.3, 0.4) is 0 Å². The molecule has 2 heteroatoms. The second-order valence-electron chi connectivity index (χ2n) is 3.56. The molecule has 1 aliphatic rings. The van der Waals surface area contributed by atoms with Gasteiger partial charge in [-0.25, -0.2) is 0 Å². The van der Waals surface area contributed by atoms with Gasteiger partial charge in [-0.2, -0.15) is 0 Å². The lowest BCUT2D eigenvalue weighted by Gasteiger charge is -2.08. The fourth-order valence-corrected chi connectivity index (χ4v) is 1.99. The molecule has 0 radical (unpaired) electrons. The summed E-state index contributed by atoms with van der Waals surface area (Å²) in [6.45, 7) is 2.54. The quantitative estimate of drug-likeness (QED) is 0.684. The predicted octanol–water partition coefficient (Wildman–Crippen LogP) is 2.39. The fraction of sp³-hybridized carbons (Fsp3) is 0.417. The van der Waals surface area contributed by atoms with Crippen LogP contribution >= 0.6 is 0 Å². The van der Waals surface area contributed by atoms with Gasteiger partial charge in [0.15, 0.2) is 6.29 Å². The Morgan fingerprint density at radius 3 is 2.71 bits per heavy atom. The first-order valence-electron chi connectivity index (χ1n) is 5.09. The number of hydrogen-bond donors (Lipinski definition) is 0. The van der Waals surface area contributed by atoms with E-state index in [9.17, 15) is 4.79 Å². The van der Waals surface area contributed by atoms with Crippen LogP contribution in [0.2, 0.25) is 0 Å². The van der Waals surface area contributed by atoms with Crippen LogP contribution in [-0.2, 0) is 12.8 Å². The van der Waals surface area contributed by atoms with Crippen molar-refractivity contribution in [1.29, 1.82) is 0 Å². The van der Waals surface area contributed by atoms with Gasteiger partial charge in [-0.05, 0) is 49.4 Å². The molecule has 0 atom stereocenters. The van der Waals surface area contributed by atoms with Gasteiger partial charge in [0.1, 0.15) is 5.75 Å². The monoisotopic (exact) mass is 190 g/mol. The number of rotatable bonds is 3. The number of hydrogen-bond acceptors (Lipinski definition) is 2. The van der Waals surface area contributed by atoms with Crippen LogP contribution in [0.4, 0.5) is 0 Å². The first-order chi connectivity index (χ1) is 6.85. The minimum absolute atomic E-state index is 0.611. The number of aryl methyl sites for hydroxylation is 2. The molecule has 2 nitrogen and oxygen atoms in total. The summed E-state index contributed by atoms with van der Waals surface area (Å²) in [5.74, 6) is 0.739. The van der Waals surface area contributed by atoms with Gasteiger partial charge in [0.2, 0.25) is 0 Å². The lowest BCUT2D eigenvalue weighted by Crippen LogP contribution is -1.98. The van der Waals surface area contributed by atoms with Crippen LogP contribution in [0.1, 0.15) is 34.8 Å². The van der Waals surface area contributed by atoms with E-state index in [-0.39, 0.29) is 0 Å². The lowest BCUT2D eigenvalue weighted by atomic mass is 10.1. The van der Waals surface area contributed by atoms with E-state index in [0.717, 1.165) is 24.9 Å². The van der Waals surface area contributed by atoms with Crippen molar-refractivity contribution in [2.75, 3.05) is 6.61 Å². The maximum absolute atomic E-state index is 10.8. The number of ether oxygens (including phenoxy) is 1. The predicted molar refractivity (Wildman–Crippen MR) is 55.0 cm³/mol. The molecule has 1 aromatic rings. The molecule has 0 bridgehead atoms. The normalized spacial score (nSPS) is 13.8. The van der Waals surface area contributed by atoms with Crippen LogP contribution in [0, 0.1) is 0 Å². The maximum Gasteiger partial charge on any atom is 0.153 e. The molecule has 0 spiro atoms. The lowest BCUT2D eigenvalue weighted by molar-refractivity contribution is 0.112. The second kappa shape index (κ2) is 3.82. The summed E-state index contributed by atoms with van der Waals surface area (Å²) in [6.07, 6.45) is 4.30. The molecular formula is C12H14O2. The molecule has 0 aliphatic heterocycles. The SMILES string of the molecule is CCOc1cc2c(cc1C=O)CCC2. The molecule has 0 saturated heterocycles. The largest absolute Gasteiger partial charge is 0.493 e. The van der Waals surface area contributed by atoms with Gasteiger partial charge in [-0.1, -0.05) is 0 Å². The third kappa shape index (κ3) is 1.52. The van der Waals surface area contributed by atoms with Crippen molar-refractivity contribution in [2.24, 2.45) is 0 Å². The number of aldehydes is 1. The smallest absolute Gasteiger partial charge is 0.153 e. The van der Waals surface area contributed by atoms with Gasteiger partial charge in [0.25, 0.3) is 0 Å². The topological polar surface area (TPSA) is 26.3 Å². The summed E-state index contributed by atoms with van der Waals surface area (Å²) >= 11 is 0. The second-order valence-corrected chi connectivity index (χ2v) is 3.56.